The van der Waals surface area contributed by atoms with Crippen molar-refractivity contribution in [2.45, 2.75) is 13.0 Å². The molecule has 2 heterocycles. The molecule has 25 heavy (non-hydrogen) atoms. The molecule has 8 heteroatoms. The normalized spacial score (nSPS) is 11.5. The van der Waals surface area contributed by atoms with Crippen molar-refractivity contribution >= 4 is 34.1 Å². The van der Waals surface area contributed by atoms with Crippen LogP contribution in [0.2, 0.25) is 0 Å². The first-order chi connectivity index (χ1) is 12.1. The zero-order valence-corrected chi connectivity index (χ0v) is 13.4. The third kappa shape index (κ3) is 3.61. The highest BCUT2D eigenvalue weighted by Gasteiger charge is 2.12. The van der Waals surface area contributed by atoms with Gasteiger partial charge in [0.2, 0.25) is 5.91 Å². The topological polar surface area (TPSA) is 130 Å². The van der Waals surface area contributed by atoms with Crippen molar-refractivity contribution in [2.75, 3.05) is 10.6 Å². The lowest BCUT2D eigenvalue weighted by molar-refractivity contribution is -0.118. The van der Waals surface area contributed by atoms with Gasteiger partial charge in [0.25, 0.3) is 0 Å². The number of nitrogens with zero attached hydrogens (tertiary/aromatic N) is 4. The molecule has 0 radical (unpaired) electrons. The van der Waals surface area contributed by atoms with Crippen molar-refractivity contribution in [1.29, 1.82) is 5.26 Å². The summed E-state index contributed by atoms with van der Waals surface area (Å²) in [4.78, 5) is 23.8. The number of nitriles is 1. The lowest BCUT2D eigenvalue weighted by Crippen LogP contribution is -2.32. The fourth-order valence-electron chi connectivity index (χ4n) is 2.21. The molecule has 0 fully saturated rings. The number of nitrogens with two attached hydrogens (primary N) is 1. The van der Waals surface area contributed by atoms with Gasteiger partial charge in [-0.3, -0.25) is 9.78 Å². The molecule has 2 aromatic heterocycles. The molecule has 1 atom stereocenters. The molecule has 0 aliphatic carbocycles. The van der Waals surface area contributed by atoms with E-state index >= 15 is 0 Å². The van der Waals surface area contributed by atoms with E-state index in [0.29, 0.717) is 5.82 Å². The quantitative estimate of drug-likeness (QED) is 0.650. The van der Waals surface area contributed by atoms with Gasteiger partial charge in [-0.2, -0.15) is 5.26 Å². The summed E-state index contributed by atoms with van der Waals surface area (Å²) in [6, 6.07) is 10.8. The predicted molar refractivity (Wildman–Crippen MR) is 94.1 cm³/mol. The van der Waals surface area contributed by atoms with Crippen LogP contribution in [0.5, 0.6) is 0 Å². The number of hydrogen-bond donors (Lipinski definition) is 3. The summed E-state index contributed by atoms with van der Waals surface area (Å²) in [6.45, 7) is 1.62. The number of carbonyl (C=O) groups excluding carboxylic acids is 1. The van der Waals surface area contributed by atoms with E-state index in [-0.39, 0.29) is 11.5 Å². The van der Waals surface area contributed by atoms with E-state index in [1.807, 2.05) is 36.4 Å². The van der Waals surface area contributed by atoms with Crippen LogP contribution in [-0.2, 0) is 4.79 Å². The summed E-state index contributed by atoms with van der Waals surface area (Å²) in [5, 5.41) is 16.1. The summed E-state index contributed by atoms with van der Waals surface area (Å²) < 4.78 is 0. The van der Waals surface area contributed by atoms with Crippen molar-refractivity contribution in [3.05, 3.63) is 48.4 Å². The van der Waals surface area contributed by atoms with Crippen LogP contribution in [0.4, 0.5) is 17.3 Å². The first-order valence-corrected chi connectivity index (χ1v) is 7.51. The summed E-state index contributed by atoms with van der Waals surface area (Å²) >= 11 is 0. The molecule has 0 saturated heterocycles. The molecule has 124 valence electrons. The maximum atomic E-state index is 11.2. The van der Waals surface area contributed by atoms with Crippen molar-refractivity contribution in [1.82, 2.24) is 15.0 Å². The number of benzene rings is 1. The average Bonchev–Trinajstić information content (AvgIpc) is 2.62. The number of fused-ring (bicyclic) bond motifs is 1. The second-order valence-corrected chi connectivity index (χ2v) is 5.37. The molecule has 1 amide bonds. The molecule has 0 aliphatic rings. The van der Waals surface area contributed by atoms with Crippen molar-refractivity contribution in [3.8, 4) is 6.07 Å². The zero-order chi connectivity index (χ0) is 17.8. The smallest absolute Gasteiger partial charge is 0.239 e. The second kappa shape index (κ2) is 6.80. The van der Waals surface area contributed by atoms with Gasteiger partial charge < -0.3 is 16.4 Å². The van der Waals surface area contributed by atoms with Crippen LogP contribution in [0.3, 0.4) is 0 Å². The number of nitrogens with one attached hydrogen (secondary N) is 2. The third-order valence-electron chi connectivity index (χ3n) is 3.54. The van der Waals surface area contributed by atoms with Crippen molar-refractivity contribution in [2.24, 2.45) is 5.73 Å². The molecule has 3 aromatic rings. The maximum Gasteiger partial charge on any atom is 0.239 e. The number of hydrogen-bond acceptors (Lipinski definition) is 7. The first-order valence-electron chi connectivity index (χ1n) is 7.51. The number of primary amides is 1. The van der Waals surface area contributed by atoms with E-state index in [0.717, 1.165) is 16.6 Å². The van der Waals surface area contributed by atoms with Crippen LogP contribution in [0.25, 0.3) is 10.9 Å². The fraction of sp³-hybridized carbons (Fsp3) is 0.118. The standard InChI is InChI=1S/C17H15N7O/c1-10(16(19)25)22-15-9-21-14(8-18)17(24-15)23-12-4-5-13-11(7-12)3-2-6-20-13/h2-7,9-10H,1H3,(H2,19,25)(H2,22,23,24). The van der Waals surface area contributed by atoms with E-state index in [1.54, 1.807) is 13.1 Å². The molecule has 0 saturated carbocycles. The minimum Gasteiger partial charge on any atom is -0.368 e. The van der Waals surface area contributed by atoms with Gasteiger partial charge in [-0.05, 0) is 31.2 Å². The number of aromatic nitrogens is 3. The van der Waals surface area contributed by atoms with Gasteiger partial charge >= 0.3 is 0 Å². The van der Waals surface area contributed by atoms with Crippen LogP contribution >= 0.6 is 0 Å². The Balaban J connectivity index is 1.91. The van der Waals surface area contributed by atoms with E-state index in [2.05, 4.69) is 25.6 Å². The van der Waals surface area contributed by atoms with Crippen LogP contribution < -0.4 is 16.4 Å². The highest BCUT2D eigenvalue weighted by molar-refractivity contribution is 5.84. The molecule has 0 aliphatic heterocycles. The molecule has 3 rings (SSSR count). The van der Waals surface area contributed by atoms with Crippen molar-refractivity contribution < 1.29 is 4.79 Å². The number of carbonyl (C=O) groups is 1. The SMILES string of the molecule is CC(Nc1cnc(C#N)c(Nc2ccc3ncccc3c2)n1)C(N)=O. The Morgan fingerprint density at radius 2 is 2.16 bits per heavy atom. The van der Waals surface area contributed by atoms with E-state index in [4.69, 9.17) is 5.73 Å². The highest BCUT2D eigenvalue weighted by Crippen LogP contribution is 2.22. The van der Waals surface area contributed by atoms with Gasteiger partial charge in [0.15, 0.2) is 11.5 Å². The molecular weight excluding hydrogens is 318 g/mol. The zero-order valence-electron chi connectivity index (χ0n) is 13.4. The van der Waals surface area contributed by atoms with E-state index < -0.39 is 11.9 Å². The van der Waals surface area contributed by atoms with Crippen LogP contribution in [0.1, 0.15) is 12.6 Å². The van der Waals surface area contributed by atoms with Crippen LogP contribution in [-0.4, -0.2) is 26.9 Å². The lowest BCUT2D eigenvalue weighted by atomic mass is 10.2. The molecule has 0 bridgehead atoms. The van der Waals surface area contributed by atoms with E-state index in [1.165, 1.54) is 6.20 Å². The number of pyridine rings is 1. The van der Waals surface area contributed by atoms with Gasteiger partial charge in [0, 0.05) is 17.3 Å². The molecule has 0 spiro atoms. The van der Waals surface area contributed by atoms with E-state index in [9.17, 15) is 10.1 Å². The Morgan fingerprint density at radius 1 is 1.32 bits per heavy atom. The van der Waals surface area contributed by atoms with Gasteiger partial charge in [0.05, 0.1) is 11.7 Å². The lowest BCUT2D eigenvalue weighted by Gasteiger charge is -2.13. The summed E-state index contributed by atoms with van der Waals surface area (Å²) in [5.41, 5.74) is 6.98. The summed E-state index contributed by atoms with van der Waals surface area (Å²) in [6.07, 6.45) is 3.11. The van der Waals surface area contributed by atoms with Gasteiger partial charge in [-0.15, -0.1) is 0 Å². The summed E-state index contributed by atoms with van der Waals surface area (Å²) in [7, 11) is 0. The Kier molecular flexibility index (Phi) is 4.39. The van der Waals surface area contributed by atoms with Gasteiger partial charge in [0.1, 0.15) is 17.9 Å². The Labute approximate surface area is 143 Å². The molecule has 1 aromatic carbocycles. The first kappa shape index (κ1) is 16.1. The highest BCUT2D eigenvalue weighted by atomic mass is 16.1. The largest absolute Gasteiger partial charge is 0.368 e. The Morgan fingerprint density at radius 3 is 2.92 bits per heavy atom. The Bertz CT molecular complexity index is 980. The number of rotatable bonds is 5. The number of amides is 1. The number of anilines is 3. The van der Waals surface area contributed by atoms with Gasteiger partial charge in [-0.25, -0.2) is 9.97 Å². The molecule has 8 nitrogen and oxygen atoms in total. The molecular formula is C17H15N7O. The van der Waals surface area contributed by atoms with Crippen LogP contribution in [0.15, 0.2) is 42.7 Å². The van der Waals surface area contributed by atoms with Crippen molar-refractivity contribution in [3.63, 3.8) is 0 Å². The predicted octanol–water partition coefficient (Wildman–Crippen LogP) is 1.93. The summed E-state index contributed by atoms with van der Waals surface area (Å²) in [5.74, 6) is 0.116. The van der Waals surface area contributed by atoms with Crippen LogP contribution in [0, 0.1) is 11.3 Å². The maximum absolute atomic E-state index is 11.2. The molecule has 1 unspecified atom stereocenters. The van der Waals surface area contributed by atoms with Gasteiger partial charge in [-0.1, -0.05) is 6.07 Å². The average molecular weight is 333 g/mol. The monoisotopic (exact) mass is 333 g/mol. The third-order valence-corrected chi connectivity index (χ3v) is 3.54. The second-order valence-electron chi connectivity index (χ2n) is 5.37. The molecule has 4 N–H and O–H groups in total. The Hall–Kier alpha value is -3.73. The fourth-order valence-corrected chi connectivity index (χ4v) is 2.21. The minimum atomic E-state index is -0.609. The minimum absolute atomic E-state index is 0.142.